The van der Waals surface area contributed by atoms with Crippen LogP contribution in [0.15, 0.2) is 47.8 Å². The van der Waals surface area contributed by atoms with E-state index in [1.54, 1.807) is 12.3 Å². The second kappa shape index (κ2) is 8.62. The van der Waals surface area contributed by atoms with Crippen molar-refractivity contribution in [1.29, 1.82) is 0 Å². The second-order valence-electron chi connectivity index (χ2n) is 6.38. The number of rotatable bonds is 7. The molecule has 2 aromatic carbocycles. The number of carbonyl (C=O) groups excluding carboxylic acids is 3. The number of anilines is 1. The van der Waals surface area contributed by atoms with Gasteiger partial charge in [-0.25, -0.2) is 4.98 Å². The van der Waals surface area contributed by atoms with Gasteiger partial charge in [0.15, 0.2) is 5.13 Å². The molecule has 0 saturated heterocycles. The molecule has 1 aromatic heterocycles. The summed E-state index contributed by atoms with van der Waals surface area (Å²) in [6, 6.07) is 12.9. The van der Waals surface area contributed by atoms with Crippen molar-refractivity contribution in [1.82, 2.24) is 10.3 Å². The number of nitrogens with zero attached hydrogens (tertiary/aromatic N) is 1. The summed E-state index contributed by atoms with van der Waals surface area (Å²) < 4.78 is 0. The standard InChI is InChI=1S/C20H20N4O3S/c1-12(19(27)24-20-23-15(11-28-20)10-17(21)25)22-18(26)9-14-7-4-6-13-5-2-3-8-16(13)14/h2-8,11-12H,9-10H2,1H3,(H2,21,25)(H,22,26)(H,23,24,27). The van der Waals surface area contributed by atoms with Crippen LogP contribution < -0.4 is 16.4 Å². The van der Waals surface area contributed by atoms with Gasteiger partial charge in [-0.1, -0.05) is 42.5 Å². The molecule has 3 amide bonds. The van der Waals surface area contributed by atoms with E-state index in [1.165, 1.54) is 11.3 Å². The molecule has 144 valence electrons. The van der Waals surface area contributed by atoms with E-state index in [1.807, 2.05) is 42.5 Å². The van der Waals surface area contributed by atoms with Crippen LogP contribution in [0.25, 0.3) is 10.8 Å². The number of primary amides is 1. The van der Waals surface area contributed by atoms with E-state index in [-0.39, 0.29) is 24.7 Å². The lowest BCUT2D eigenvalue weighted by Crippen LogP contribution is -2.42. The molecular weight excluding hydrogens is 376 g/mol. The van der Waals surface area contributed by atoms with E-state index in [9.17, 15) is 14.4 Å². The molecule has 7 nitrogen and oxygen atoms in total. The van der Waals surface area contributed by atoms with Crippen molar-refractivity contribution in [3.8, 4) is 0 Å². The lowest BCUT2D eigenvalue weighted by atomic mass is 10.0. The summed E-state index contributed by atoms with van der Waals surface area (Å²) in [4.78, 5) is 39.7. The zero-order chi connectivity index (χ0) is 20.1. The highest BCUT2D eigenvalue weighted by Crippen LogP contribution is 2.19. The summed E-state index contributed by atoms with van der Waals surface area (Å²) in [5, 5.41) is 9.43. The summed E-state index contributed by atoms with van der Waals surface area (Å²) in [6.45, 7) is 1.61. The van der Waals surface area contributed by atoms with Crippen LogP contribution in [0.4, 0.5) is 5.13 Å². The first-order valence-corrected chi connectivity index (χ1v) is 9.60. The molecule has 0 saturated carbocycles. The highest BCUT2D eigenvalue weighted by Gasteiger charge is 2.18. The number of carbonyl (C=O) groups is 3. The Hall–Kier alpha value is -3.26. The van der Waals surface area contributed by atoms with Crippen molar-refractivity contribution < 1.29 is 14.4 Å². The first-order chi connectivity index (χ1) is 13.4. The van der Waals surface area contributed by atoms with Gasteiger partial charge in [-0.15, -0.1) is 11.3 Å². The maximum atomic E-state index is 12.4. The SMILES string of the molecule is CC(NC(=O)Cc1cccc2ccccc12)C(=O)Nc1nc(CC(N)=O)cs1. The number of amides is 3. The molecule has 3 rings (SSSR count). The van der Waals surface area contributed by atoms with Crippen molar-refractivity contribution in [2.45, 2.75) is 25.8 Å². The maximum absolute atomic E-state index is 12.4. The predicted molar refractivity (Wildman–Crippen MR) is 109 cm³/mol. The summed E-state index contributed by atoms with van der Waals surface area (Å²) >= 11 is 1.20. The molecule has 0 aliphatic rings. The number of fused-ring (bicyclic) bond motifs is 1. The maximum Gasteiger partial charge on any atom is 0.248 e. The van der Waals surface area contributed by atoms with Gasteiger partial charge in [0.2, 0.25) is 17.7 Å². The molecule has 0 radical (unpaired) electrons. The molecule has 1 heterocycles. The molecule has 0 fully saturated rings. The van der Waals surface area contributed by atoms with Gasteiger partial charge < -0.3 is 16.4 Å². The van der Waals surface area contributed by atoms with Crippen molar-refractivity contribution in [3.05, 3.63) is 59.1 Å². The van der Waals surface area contributed by atoms with Crippen molar-refractivity contribution in [2.24, 2.45) is 5.73 Å². The minimum Gasteiger partial charge on any atom is -0.369 e. The van der Waals surface area contributed by atoms with E-state index >= 15 is 0 Å². The Bertz CT molecular complexity index is 1030. The Morgan fingerprint density at radius 2 is 1.86 bits per heavy atom. The number of hydrogen-bond donors (Lipinski definition) is 3. The first kappa shape index (κ1) is 19.5. The van der Waals surface area contributed by atoms with Crippen molar-refractivity contribution in [3.63, 3.8) is 0 Å². The van der Waals surface area contributed by atoms with Crippen LogP contribution in [-0.2, 0) is 27.2 Å². The van der Waals surface area contributed by atoms with Crippen LogP contribution in [0.5, 0.6) is 0 Å². The van der Waals surface area contributed by atoms with Gasteiger partial charge in [0.1, 0.15) is 6.04 Å². The van der Waals surface area contributed by atoms with Gasteiger partial charge >= 0.3 is 0 Å². The van der Waals surface area contributed by atoms with Gasteiger partial charge in [0.05, 0.1) is 18.5 Å². The van der Waals surface area contributed by atoms with E-state index < -0.39 is 11.9 Å². The summed E-state index contributed by atoms with van der Waals surface area (Å²) in [7, 11) is 0. The topological polar surface area (TPSA) is 114 Å². The number of benzene rings is 2. The monoisotopic (exact) mass is 396 g/mol. The third-order valence-corrected chi connectivity index (χ3v) is 4.95. The van der Waals surface area contributed by atoms with E-state index in [4.69, 9.17) is 5.73 Å². The number of hydrogen-bond acceptors (Lipinski definition) is 5. The largest absolute Gasteiger partial charge is 0.369 e. The Morgan fingerprint density at radius 1 is 1.11 bits per heavy atom. The Balaban J connectivity index is 1.58. The zero-order valence-electron chi connectivity index (χ0n) is 15.3. The normalized spacial score (nSPS) is 11.8. The molecule has 4 N–H and O–H groups in total. The van der Waals surface area contributed by atoms with Gasteiger partial charge in [0.25, 0.3) is 0 Å². The average molecular weight is 396 g/mol. The number of aromatic nitrogens is 1. The second-order valence-corrected chi connectivity index (χ2v) is 7.24. The molecule has 0 spiro atoms. The number of thiazole rings is 1. The highest BCUT2D eigenvalue weighted by molar-refractivity contribution is 7.13. The van der Waals surface area contributed by atoms with Crippen LogP contribution in [-0.4, -0.2) is 28.7 Å². The van der Waals surface area contributed by atoms with Crippen LogP contribution in [0.3, 0.4) is 0 Å². The van der Waals surface area contributed by atoms with Gasteiger partial charge in [-0.05, 0) is 23.3 Å². The Labute approximate surface area is 166 Å². The Morgan fingerprint density at radius 3 is 2.64 bits per heavy atom. The Kier molecular flexibility index (Phi) is 6.00. The molecule has 0 aliphatic heterocycles. The number of nitrogens with two attached hydrogens (primary N) is 1. The van der Waals surface area contributed by atoms with Crippen LogP contribution in [0.1, 0.15) is 18.2 Å². The van der Waals surface area contributed by atoms with Gasteiger partial charge in [-0.3, -0.25) is 14.4 Å². The predicted octanol–water partition coefficient (Wildman–Crippen LogP) is 2.01. The minimum absolute atomic E-state index is 0.0176. The molecule has 0 bridgehead atoms. The highest BCUT2D eigenvalue weighted by atomic mass is 32.1. The fraction of sp³-hybridized carbons (Fsp3) is 0.200. The lowest BCUT2D eigenvalue weighted by molar-refractivity contribution is -0.125. The molecule has 28 heavy (non-hydrogen) atoms. The van der Waals surface area contributed by atoms with Crippen LogP contribution >= 0.6 is 11.3 Å². The van der Waals surface area contributed by atoms with Gasteiger partial charge in [0, 0.05) is 5.38 Å². The summed E-state index contributed by atoms with van der Waals surface area (Å²) in [6.07, 6.45) is 0.197. The quantitative estimate of drug-likeness (QED) is 0.567. The van der Waals surface area contributed by atoms with Gasteiger partial charge in [-0.2, -0.15) is 0 Å². The average Bonchev–Trinajstić information content (AvgIpc) is 3.08. The van der Waals surface area contributed by atoms with E-state index in [0.717, 1.165) is 16.3 Å². The number of nitrogens with one attached hydrogen (secondary N) is 2. The molecule has 3 aromatic rings. The summed E-state index contributed by atoms with van der Waals surface area (Å²) in [5.74, 6) is -1.11. The first-order valence-electron chi connectivity index (χ1n) is 8.72. The van der Waals surface area contributed by atoms with Crippen molar-refractivity contribution in [2.75, 3.05) is 5.32 Å². The third kappa shape index (κ3) is 4.92. The molecule has 8 heteroatoms. The summed E-state index contributed by atoms with van der Waals surface area (Å²) in [5.41, 5.74) is 6.53. The minimum atomic E-state index is -0.731. The zero-order valence-corrected chi connectivity index (χ0v) is 16.1. The van der Waals surface area contributed by atoms with E-state index in [2.05, 4.69) is 15.6 Å². The van der Waals surface area contributed by atoms with E-state index in [0.29, 0.717) is 10.8 Å². The lowest BCUT2D eigenvalue weighted by Gasteiger charge is -2.13. The fourth-order valence-electron chi connectivity index (χ4n) is 2.82. The van der Waals surface area contributed by atoms with Crippen LogP contribution in [0, 0.1) is 0 Å². The molecule has 1 atom stereocenters. The third-order valence-electron chi connectivity index (χ3n) is 4.14. The molecule has 0 aliphatic carbocycles. The smallest absolute Gasteiger partial charge is 0.248 e. The van der Waals surface area contributed by atoms with Crippen LogP contribution in [0.2, 0.25) is 0 Å². The molecular formula is C20H20N4O3S. The molecule has 1 unspecified atom stereocenters. The fourth-order valence-corrected chi connectivity index (χ4v) is 3.53. The van der Waals surface area contributed by atoms with Crippen molar-refractivity contribution >= 4 is 45.0 Å².